The van der Waals surface area contributed by atoms with Crippen molar-refractivity contribution in [3.05, 3.63) is 105 Å². The normalized spacial score (nSPS) is 21.4. The molecule has 298 valence electrons. The van der Waals surface area contributed by atoms with Crippen molar-refractivity contribution in [1.82, 2.24) is 24.9 Å². The first-order valence-electron chi connectivity index (χ1n) is 18.4. The molecule has 2 fully saturated rings. The number of alkyl halides is 3. The molecule has 2 aromatic heterocycles. The lowest BCUT2D eigenvalue weighted by atomic mass is 9.91. The Morgan fingerprint density at radius 2 is 1.29 bits per heavy atom. The molecule has 4 aliphatic rings. The summed E-state index contributed by atoms with van der Waals surface area (Å²) in [5.41, 5.74) is 9.93. The molecule has 4 N–H and O–H groups in total. The van der Waals surface area contributed by atoms with Crippen LogP contribution in [0.2, 0.25) is 0 Å². The zero-order valence-electron chi connectivity index (χ0n) is 32.5. The average molecular weight is 777 g/mol. The maximum atomic E-state index is 12.9. The maximum absolute atomic E-state index is 12.9. The first-order valence-corrected chi connectivity index (χ1v) is 18.4. The zero-order chi connectivity index (χ0) is 40.7. The summed E-state index contributed by atoms with van der Waals surface area (Å²) in [6.07, 6.45) is 0.952. The molecule has 2 atom stereocenters. The third-order valence-electron chi connectivity index (χ3n) is 10.1. The molecular weight excluding hydrogens is 729 g/mol. The molecule has 2 aliphatic carbocycles. The van der Waals surface area contributed by atoms with Crippen LogP contribution in [-0.2, 0) is 41.1 Å². The highest BCUT2D eigenvalue weighted by molar-refractivity contribution is 6.05. The molecule has 56 heavy (non-hydrogen) atoms. The van der Waals surface area contributed by atoms with Crippen molar-refractivity contribution < 1.29 is 37.5 Å². The van der Waals surface area contributed by atoms with Gasteiger partial charge >= 0.3 is 12.1 Å². The number of carbonyl (C=O) groups is 2. The van der Waals surface area contributed by atoms with Crippen LogP contribution in [0, 0.1) is 20.8 Å². The van der Waals surface area contributed by atoms with Gasteiger partial charge in [0.05, 0.1) is 34.1 Å². The van der Waals surface area contributed by atoms with E-state index in [1.54, 1.807) is 26.0 Å². The summed E-state index contributed by atoms with van der Waals surface area (Å²) >= 11 is 0. The van der Waals surface area contributed by atoms with Crippen molar-refractivity contribution in [2.45, 2.75) is 103 Å². The van der Waals surface area contributed by atoms with Crippen molar-refractivity contribution in [3.63, 3.8) is 0 Å². The molecule has 2 aliphatic heterocycles. The van der Waals surface area contributed by atoms with Crippen LogP contribution in [0.15, 0.2) is 58.8 Å². The SMILES string of the molecule is Cc1cc(C2(C)CC(c3ccc(C)c(C(=O)NC4CC4)c3)=NO2)n(C)n1.Cc1ccc(C2=NOC(C)(c3cc(C(F)(F)F)nn3C)C2)cc1C(=O)O.NC1CC1. The number of halogens is 3. The fraction of sp³-hybridized carbons (Fsp3) is 0.450. The van der Waals surface area contributed by atoms with E-state index in [2.05, 4.69) is 25.8 Å². The summed E-state index contributed by atoms with van der Waals surface area (Å²) in [5.74, 6) is -1.07. The second kappa shape index (κ2) is 15.2. The number of hydrogen-bond acceptors (Lipinski definition) is 9. The lowest BCUT2D eigenvalue weighted by Gasteiger charge is -2.21. The van der Waals surface area contributed by atoms with Gasteiger partial charge in [-0.2, -0.15) is 23.4 Å². The number of nitrogens with zero attached hydrogens (tertiary/aromatic N) is 6. The quantitative estimate of drug-likeness (QED) is 0.189. The van der Waals surface area contributed by atoms with E-state index in [9.17, 15) is 27.9 Å². The number of carboxylic acids is 1. The van der Waals surface area contributed by atoms with E-state index in [1.807, 2.05) is 56.8 Å². The fourth-order valence-electron chi connectivity index (χ4n) is 6.54. The summed E-state index contributed by atoms with van der Waals surface area (Å²) in [4.78, 5) is 35.0. The minimum atomic E-state index is -4.55. The minimum Gasteiger partial charge on any atom is -0.478 e. The summed E-state index contributed by atoms with van der Waals surface area (Å²) in [6, 6.07) is 14.6. The van der Waals surface area contributed by atoms with E-state index in [0.29, 0.717) is 40.9 Å². The molecule has 2 unspecified atom stereocenters. The number of nitrogens with two attached hydrogens (primary N) is 1. The minimum absolute atomic E-state index is 0.00335. The molecule has 0 bridgehead atoms. The van der Waals surface area contributed by atoms with E-state index in [1.165, 1.54) is 26.0 Å². The van der Waals surface area contributed by atoms with Gasteiger partial charge in [0.25, 0.3) is 5.91 Å². The molecule has 4 heterocycles. The van der Waals surface area contributed by atoms with Gasteiger partial charge in [0.2, 0.25) is 0 Å². The van der Waals surface area contributed by atoms with E-state index < -0.39 is 29.0 Å². The van der Waals surface area contributed by atoms with Crippen LogP contribution in [-0.4, -0.2) is 60.1 Å². The monoisotopic (exact) mass is 776 g/mol. The van der Waals surface area contributed by atoms with Crippen molar-refractivity contribution in [3.8, 4) is 0 Å². The molecule has 16 heteroatoms. The number of aromatic nitrogens is 4. The van der Waals surface area contributed by atoms with Gasteiger partial charge in [-0.3, -0.25) is 14.2 Å². The third kappa shape index (κ3) is 8.96. The molecule has 0 radical (unpaired) electrons. The molecule has 2 aromatic carbocycles. The van der Waals surface area contributed by atoms with Crippen molar-refractivity contribution in [2.75, 3.05) is 0 Å². The molecule has 8 rings (SSSR count). The number of oxime groups is 2. The standard InChI is InChI=1S/C20H24N4O2.C17H16F3N3O3.C3H7N/c1-12-5-6-14(10-16(12)19(25)21-15-7-8-15)17-11-20(3,26-23-17)18-9-13(2)22-24(18)4;1-9-4-5-10(6-11(9)15(24)25)12-8-16(2,26-22-12)14-7-13(17(18,19)20)21-23(14)3;4-3-1-2-3/h5-6,9-10,15H,7-8,11H2,1-4H3,(H,21,25);4-7H,8H2,1-3H3,(H,24,25);3H,1-2,4H2. The number of amides is 1. The number of carbonyl (C=O) groups excluding carboxylic acids is 1. The summed E-state index contributed by atoms with van der Waals surface area (Å²) < 4.78 is 41.6. The van der Waals surface area contributed by atoms with E-state index in [0.717, 1.165) is 51.8 Å². The topological polar surface area (TPSA) is 171 Å². The predicted octanol–water partition coefficient (Wildman–Crippen LogP) is 6.56. The van der Waals surface area contributed by atoms with Crippen LogP contribution >= 0.6 is 0 Å². The van der Waals surface area contributed by atoms with Crippen LogP contribution in [0.5, 0.6) is 0 Å². The van der Waals surface area contributed by atoms with Gasteiger partial charge in [-0.1, -0.05) is 34.6 Å². The third-order valence-corrected chi connectivity index (χ3v) is 10.1. The smallest absolute Gasteiger partial charge is 0.435 e. The Hall–Kier alpha value is -5.51. The molecule has 4 aromatic rings. The Morgan fingerprint density at radius 1 is 0.804 bits per heavy atom. The number of aromatic carboxylic acids is 1. The Kier molecular flexibility index (Phi) is 10.9. The van der Waals surface area contributed by atoms with Gasteiger partial charge in [-0.15, -0.1) is 0 Å². The van der Waals surface area contributed by atoms with E-state index in [4.69, 9.17) is 15.4 Å². The highest BCUT2D eigenvalue weighted by Gasteiger charge is 2.43. The van der Waals surface area contributed by atoms with Gasteiger partial charge in [-0.25, -0.2) is 4.79 Å². The van der Waals surface area contributed by atoms with Crippen LogP contribution in [0.1, 0.15) is 118 Å². The van der Waals surface area contributed by atoms with Crippen molar-refractivity contribution in [2.24, 2.45) is 30.1 Å². The second-order valence-electron chi connectivity index (χ2n) is 15.4. The lowest BCUT2D eigenvalue weighted by molar-refractivity contribution is -0.141. The van der Waals surface area contributed by atoms with Crippen LogP contribution in [0.4, 0.5) is 13.2 Å². The highest BCUT2D eigenvalue weighted by atomic mass is 19.4. The van der Waals surface area contributed by atoms with Crippen molar-refractivity contribution >= 4 is 23.3 Å². The number of aryl methyl sites for hydroxylation is 5. The number of carboxylic acid groups (broad SMARTS) is 1. The van der Waals surface area contributed by atoms with Crippen LogP contribution in [0.3, 0.4) is 0 Å². The Morgan fingerprint density at radius 3 is 1.71 bits per heavy atom. The number of benzene rings is 2. The summed E-state index contributed by atoms with van der Waals surface area (Å²) in [5, 5.41) is 28.5. The predicted molar refractivity (Wildman–Crippen MR) is 202 cm³/mol. The number of rotatable bonds is 7. The molecule has 0 saturated heterocycles. The molecule has 0 spiro atoms. The second-order valence-corrected chi connectivity index (χ2v) is 15.4. The fourth-order valence-corrected chi connectivity index (χ4v) is 6.54. The largest absolute Gasteiger partial charge is 0.478 e. The summed E-state index contributed by atoms with van der Waals surface area (Å²) in [6.45, 7) is 9.25. The molecule has 1 amide bonds. The average Bonchev–Trinajstić information content (AvgIpc) is 3.91. The Balaban J connectivity index is 0.000000172. The zero-order valence-corrected chi connectivity index (χ0v) is 32.5. The van der Waals surface area contributed by atoms with Gasteiger partial charge in [0.15, 0.2) is 16.9 Å². The van der Waals surface area contributed by atoms with Crippen molar-refractivity contribution in [1.29, 1.82) is 0 Å². The van der Waals surface area contributed by atoms with Gasteiger partial charge in [-0.05, 0) is 95.7 Å². The Bertz CT molecular complexity index is 2220. The maximum Gasteiger partial charge on any atom is 0.435 e. The van der Waals surface area contributed by atoms with Gasteiger partial charge in [0.1, 0.15) is 0 Å². The van der Waals surface area contributed by atoms with Crippen LogP contribution < -0.4 is 11.1 Å². The van der Waals surface area contributed by atoms with Gasteiger partial charge in [0, 0.05) is 55.7 Å². The number of hydrogen-bond donors (Lipinski definition) is 3. The van der Waals surface area contributed by atoms with Crippen LogP contribution in [0.25, 0.3) is 0 Å². The van der Waals surface area contributed by atoms with E-state index in [-0.39, 0.29) is 23.6 Å². The summed E-state index contributed by atoms with van der Waals surface area (Å²) in [7, 11) is 3.33. The lowest BCUT2D eigenvalue weighted by Crippen LogP contribution is -2.27. The first kappa shape index (κ1) is 40.2. The highest BCUT2D eigenvalue weighted by Crippen LogP contribution is 2.39. The molecule has 2 saturated carbocycles. The van der Waals surface area contributed by atoms with E-state index >= 15 is 0 Å². The molecular formula is C40H47F3N8O5. The first-order chi connectivity index (χ1) is 26.3. The Labute approximate surface area is 322 Å². The number of nitrogens with one attached hydrogen (secondary N) is 1. The molecule has 13 nitrogen and oxygen atoms in total. The van der Waals surface area contributed by atoms with Gasteiger partial charge < -0.3 is 25.8 Å².